The molecule has 1 fully saturated rings. The molecule has 9 rings (SSSR count). The second kappa shape index (κ2) is 8.02. The van der Waals surface area contributed by atoms with Gasteiger partial charge in [-0.15, -0.1) is 0 Å². The van der Waals surface area contributed by atoms with Gasteiger partial charge in [-0.05, 0) is 36.2 Å². The van der Waals surface area contributed by atoms with Crippen molar-refractivity contribution >= 4 is 61.4 Å². The molecule has 9 nitrogen and oxygen atoms in total. The Bertz CT molecular complexity index is 2260. The van der Waals surface area contributed by atoms with Crippen LogP contribution >= 0.6 is 0 Å². The van der Waals surface area contributed by atoms with Crippen LogP contribution in [0.25, 0.3) is 43.6 Å². The number of ether oxygens (including phenoxy) is 1. The zero-order valence-electron chi connectivity index (χ0n) is 23.1. The van der Waals surface area contributed by atoms with Crippen molar-refractivity contribution in [2.24, 2.45) is 0 Å². The fourth-order valence-corrected chi connectivity index (χ4v) is 8.08. The van der Waals surface area contributed by atoms with E-state index in [0.717, 1.165) is 32.9 Å². The van der Waals surface area contributed by atoms with Crippen molar-refractivity contribution in [3.63, 3.8) is 0 Å². The highest BCUT2D eigenvalue weighted by Gasteiger charge is 2.56. The molecule has 0 saturated heterocycles. The molecule has 2 bridgehead atoms. The Morgan fingerprint density at radius 2 is 1.42 bits per heavy atom. The smallest absolute Gasteiger partial charge is 0.337 e. The molecule has 1 aliphatic carbocycles. The molecule has 4 heterocycles. The Morgan fingerprint density at radius 1 is 0.860 bits per heavy atom. The normalized spacial score (nSPS) is 22.4. The minimum absolute atomic E-state index is 0.0295. The van der Waals surface area contributed by atoms with Crippen molar-refractivity contribution < 1.29 is 29.3 Å². The van der Waals surface area contributed by atoms with Crippen LogP contribution in [0.3, 0.4) is 0 Å². The standard InChI is InChI=1S/C34H25N3O6/c1-43-19-12-10-17(11-13-19)16-35-31(38)27-25-20-6-2-4-8-22(20)36-18-14-24(34(42,15-18)33(40)41)37-23-9-5-3-7-21(23)26(28(27)32(35)39)30(37)29(25)36/h2-13,18,24,42H,14-16H2,1H3,(H,40,41)/t18?,24?,34-/m0/s1. The number of hydrogen-bond acceptors (Lipinski definition) is 5. The van der Waals surface area contributed by atoms with Crippen LogP contribution in [0.15, 0.2) is 72.8 Å². The van der Waals surface area contributed by atoms with Gasteiger partial charge in [0.25, 0.3) is 11.8 Å². The van der Waals surface area contributed by atoms with Gasteiger partial charge in [0.1, 0.15) is 5.75 Å². The Kier molecular flexibility index (Phi) is 4.56. The molecular formula is C34H25N3O6. The van der Waals surface area contributed by atoms with Gasteiger partial charge in [-0.2, -0.15) is 0 Å². The van der Waals surface area contributed by atoms with Crippen molar-refractivity contribution in [2.45, 2.75) is 37.1 Å². The molecule has 0 spiro atoms. The SMILES string of the molecule is COc1ccc(CN2C(=O)c3c(c4c5ccccc5n5c4c4c3c3ccccc3n4C3CC5[C@](O)(C(=O)O)C3)C2=O)cc1. The fraction of sp³-hybridized carbons (Fsp3) is 0.206. The third-order valence-electron chi connectivity index (χ3n) is 9.85. The van der Waals surface area contributed by atoms with Gasteiger partial charge in [0.15, 0.2) is 5.60 Å². The molecule has 3 atom stereocenters. The molecule has 2 aliphatic heterocycles. The monoisotopic (exact) mass is 571 g/mol. The molecule has 2 aromatic heterocycles. The maximum atomic E-state index is 14.4. The van der Waals surface area contributed by atoms with Crippen LogP contribution in [0.4, 0.5) is 0 Å². The van der Waals surface area contributed by atoms with Crippen molar-refractivity contribution in [3.05, 3.63) is 89.5 Å². The summed E-state index contributed by atoms with van der Waals surface area (Å²) in [6.07, 6.45) is 0.428. The molecule has 6 aromatic rings. The van der Waals surface area contributed by atoms with Crippen LogP contribution in [0, 0.1) is 0 Å². The summed E-state index contributed by atoms with van der Waals surface area (Å²) in [4.78, 5) is 42.8. The molecule has 2 N–H and O–H groups in total. The van der Waals surface area contributed by atoms with Crippen LogP contribution < -0.4 is 4.74 Å². The van der Waals surface area contributed by atoms with E-state index in [0.29, 0.717) is 39.6 Å². The Labute approximate surface area is 244 Å². The summed E-state index contributed by atoms with van der Waals surface area (Å²) in [5.74, 6) is -1.32. The number of imide groups is 1. The number of carboxylic acid groups (broad SMARTS) is 1. The van der Waals surface area contributed by atoms with Crippen LogP contribution in [-0.4, -0.2) is 54.7 Å². The molecule has 4 aromatic carbocycles. The summed E-state index contributed by atoms with van der Waals surface area (Å²) in [5, 5.41) is 25.0. The number of nitrogens with zero attached hydrogens (tertiary/aromatic N) is 3. The highest BCUT2D eigenvalue weighted by atomic mass is 16.5. The number of fused-ring (bicyclic) bond motifs is 13. The summed E-state index contributed by atoms with van der Waals surface area (Å²) < 4.78 is 9.33. The Balaban J connectivity index is 1.43. The fourth-order valence-electron chi connectivity index (χ4n) is 8.08. The molecule has 43 heavy (non-hydrogen) atoms. The van der Waals surface area contributed by atoms with Gasteiger partial charge in [-0.25, -0.2) is 4.79 Å². The highest BCUT2D eigenvalue weighted by molar-refractivity contribution is 6.39. The number of rotatable bonds is 4. The zero-order chi connectivity index (χ0) is 29.4. The van der Waals surface area contributed by atoms with Gasteiger partial charge in [-0.1, -0.05) is 48.5 Å². The second-order valence-corrected chi connectivity index (χ2v) is 11.9. The first-order chi connectivity index (χ1) is 20.8. The van der Waals surface area contributed by atoms with E-state index in [4.69, 9.17) is 4.74 Å². The molecule has 0 radical (unpaired) electrons. The lowest BCUT2D eigenvalue weighted by Crippen LogP contribution is -2.43. The minimum Gasteiger partial charge on any atom is -0.497 e. The second-order valence-electron chi connectivity index (χ2n) is 11.9. The first-order valence-corrected chi connectivity index (χ1v) is 14.3. The number of aliphatic carboxylic acids is 1. The van der Waals surface area contributed by atoms with Crippen LogP contribution in [0.1, 0.15) is 51.2 Å². The Morgan fingerprint density at radius 3 is 2.00 bits per heavy atom. The van der Waals surface area contributed by atoms with Gasteiger partial charge in [0, 0.05) is 45.0 Å². The Hall–Kier alpha value is -5.15. The van der Waals surface area contributed by atoms with E-state index >= 15 is 0 Å². The third-order valence-corrected chi connectivity index (χ3v) is 9.85. The van der Waals surface area contributed by atoms with Gasteiger partial charge in [0.2, 0.25) is 0 Å². The number of amides is 2. The van der Waals surface area contributed by atoms with Crippen molar-refractivity contribution in [3.8, 4) is 5.75 Å². The van der Waals surface area contributed by atoms with E-state index in [9.17, 15) is 24.6 Å². The number of benzene rings is 4. The molecule has 9 heteroatoms. The van der Waals surface area contributed by atoms with Crippen LogP contribution in [-0.2, 0) is 11.3 Å². The van der Waals surface area contributed by atoms with E-state index < -0.39 is 17.6 Å². The van der Waals surface area contributed by atoms with Crippen molar-refractivity contribution in [2.75, 3.05) is 7.11 Å². The number of aromatic nitrogens is 2. The average molecular weight is 572 g/mol. The van der Waals surface area contributed by atoms with Crippen molar-refractivity contribution in [1.82, 2.24) is 14.0 Å². The summed E-state index contributed by atoms with van der Waals surface area (Å²) in [6, 6.07) is 21.5. The predicted molar refractivity (Wildman–Crippen MR) is 160 cm³/mol. The summed E-state index contributed by atoms with van der Waals surface area (Å²) in [5.41, 5.74) is 2.56. The zero-order valence-corrected chi connectivity index (χ0v) is 23.1. The summed E-state index contributed by atoms with van der Waals surface area (Å²) in [7, 11) is 1.58. The lowest BCUT2D eigenvalue weighted by Gasteiger charge is -2.29. The third kappa shape index (κ3) is 2.83. The number of hydrogen-bond donors (Lipinski definition) is 2. The first-order valence-electron chi connectivity index (χ1n) is 14.3. The number of carboxylic acids is 1. The van der Waals surface area contributed by atoms with Gasteiger partial charge >= 0.3 is 5.97 Å². The van der Waals surface area contributed by atoms with E-state index in [1.165, 1.54) is 4.90 Å². The summed E-state index contributed by atoms with van der Waals surface area (Å²) >= 11 is 0. The number of carbonyl (C=O) groups excluding carboxylic acids is 2. The first kappa shape index (κ1) is 24.4. The van der Waals surface area contributed by atoms with Gasteiger partial charge in [-0.3, -0.25) is 14.5 Å². The van der Waals surface area contributed by atoms with Crippen LogP contribution in [0.2, 0.25) is 0 Å². The maximum Gasteiger partial charge on any atom is 0.337 e. The molecule has 212 valence electrons. The number of para-hydroxylation sites is 2. The number of aliphatic hydroxyl groups is 1. The molecule has 2 amide bonds. The highest BCUT2D eigenvalue weighted by Crippen LogP contribution is 2.57. The molecule has 2 unspecified atom stereocenters. The van der Waals surface area contributed by atoms with Gasteiger partial charge in [0.05, 0.1) is 41.9 Å². The van der Waals surface area contributed by atoms with Gasteiger partial charge < -0.3 is 24.1 Å². The topological polar surface area (TPSA) is 114 Å². The van der Waals surface area contributed by atoms with E-state index in [1.807, 2.05) is 65.2 Å². The molecular weight excluding hydrogens is 546 g/mol. The van der Waals surface area contributed by atoms with Crippen molar-refractivity contribution in [1.29, 1.82) is 0 Å². The quantitative estimate of drug-likeness (QED) is 0.274. The van der Waals surface area contributed by atoms with E-state index in [-0.39, 0.29) is 30.8 Å². The van der Waals surface area contributed by atoms with E-state index in [1.54, 1.807) is 19.2 Å². The molecule has 3 aliphatic rings. The lowest BCUT2D eigenvalue weighted by atomic mass is 9.95. The minimum atomic E-state index is -2.01. The lowest BCUT2D eigenvalue weighted by molar-refractivity contribution is -0.161. The number of carbonyl (C=O) groups is 3. The van der Waals surface area contributed by atoms with Crippen LogP contribution in [0.5, 0.6) is 5.75 Å². The molecule has 1 saturated carbocycles. The average Bonchev–Trinajstić information content (AvgIpc) is 3.68. The summed E-state index contributed by atoms with van der Waals surface area (Å²) in [6.45, 7) is 0.0978. The maximum absolute atomic E-state index is 14.4. The largest absolute Gasteiger partial charge is 0.497 e. The number of methoxy groups -OCH3 is 1. The predicted octanol–water partition coefficient (Wildman–Crippen LogP) is 5.41. The van der Waals surface area contributed by atoms with E-state index in [2.05, 4.69) is 4.57 Å².